The van der Waals surface area contributed by atoms with Crippen LogP contribution in [0.2, 0.25) is 0 Å². The van der Waals surface area contributed by atoms with Crippen LogP contribution in [-0.2, 0) is 9.59 Å². The number of carbonyl (C=O) groups is 2. The molecule has 0 aliphatic carbocycles. The Morgan fingerprint density at radius 2 is 1.90 bits per heavy atom. The second-order valence-electron chi connectivity index (χ2n) is 6.97. The van der Waals surface area contributed by atoms with Gasteiger partial charge in [-0.2, -0.15) is 0 Å². The van der Waals surface area contributed by atoms with Crippen molar-refractivity contribution in [3.63, 3.8) is 0 Å². The summed E-state index contributed by atoms with van der Waals surface area (Å²) >= 11 is 1.50. The molecule has 148 valence electrons. The van der Waals surface area contributed by atoms with Crippen molar-refractivity contribution in [3.8, 4) is 11.4 Å². The number of aromatic amines is 1. The third-order valence-corrected chi connectivity index (χ3v) is 5.97. The Morgan fingerprint density at radius 3 is 2.80 bits per heavy atom. The molecule has 1 aromatic heterocycles. The molecule has 2 N–H and O–H groups in total. The van der Waals surface area contributed by atoms with Gasteiger partial charge >= 0.3 is 0 Å². The predicted octanol–water partition coefficient (Wildman–Crippen LogP) is 4.31. The van der Waals surface area contributed by atoms with Crippen LogP contribution >= 0.6 is 11.8 Å². The Kier molecular flexibility index (Phi) is 4.72. The van der Waals surface area contributed by atoms with Crippen LogP contribution in [0.3, 0.4) is 0 Å². The minimum atomic E-state index is -0.244. The average Bonchev–Trinajstić information content (AvgIpc) is 3.20. The predicted molar refractivity (Wildman–Crippen MR) is 120 cm³/mol. The molecule has 1 aliphatic rings. The molecule has 4 aromatic rings. The maximum absolute atomic E-state index is 12.7. The molecule has 2 heterocycles. The van der Waals surface area contributed by atoms with E-state index in [1.165, 1.54) is 11.8 Å². The molecule has 0 fully saturated rings. The van der Waals surface area contributed by atoms with Crippen LogP contribution in [0.5, 0.6) is 0 Å². The standard InChI is InChI=1S/C23H18N4O2S/c28-21(13-27-19-10-3-4-11-20(19)30-14-22(27)29)24-16-7-5-6-15(12-16)23-25-17-8-1-2-9-18(17)26-23/h1-12H,13-14H2,(H,24,28)(H,25,26). The number of nitrogens with one attached hydrogen (secondary N) is 2. The van der Waals surface area contributed by atoms with Crippen LogP contribution in [0.1, 0.15) is 0 Å². The fraction of sp³-hybridized carbons (Fsp3) is 0.0870. The monoisotopic (exact) mass is 414 g/mol. The van der Waals surface area contributed by atoms with Gasteiger partial charge in [0.15, 0.2) is 0 Å². The van der Waals surface area contributed by atoms with Crippen LogP contribution in [0.4, 0.5) is 11.4 Å². The summed E-state index contributed by atoms with van der Waals surface area (Å²) in [6, 6.07) is 23.0. The third-order valence-electron chi connectivity index (χ3n) is 4.92. The second kappa shape index (κ2) is 7.68. The van der Waals surface area contributed by atoms with Crippen molar-refractivity contribution < 1.29 is 9.59 Å². The number of para-hydroxylation sites is 3. The number of carbonyl (C=O) groups excluding carboxylic acids is 2. The Bertz CT molecular complexity index is 1230. The molecule has 0 unspecified atom stereocenters. The van der Waals surface area contributed by atoms with E-state index in [-0.39, 0.29) is 18.4 Å². The van der Waals surface area contributed by atoms with Crippen molar-refractivity contribution >= 4 is 46.0 Å². The van der Waals surface area contributed by atoms with Crippen molar-refractivity contribution in [2.24, 2.45) is 0 Å². The Balaban J connectivity index is 1.34. The molecular formula is C23H18N4O2S. The van der Waals surface area contributed by atoms with Crippen LogP contribution in [0, 0.1) is 0 Å². The summed E-state index contributed by atoms with van der Waals surface area (Å²) in [6.45, 7) is -0.0225. The normalized spacial score (nSPS) is 13.3. The SMILES string of the molecule is O=C(CN1C(=O)CSc2ccccc21)Nc1cccc(-c2nc3ccccc3[nH]2)c1. The number of thioether (sulfide) groups is 1. The summed E-state index contributed by atoms with van der Waals surface area (Å²) in [7, 11) is 0. The smallest absolute Gasteiger partial charge is 0.244 e. The summed E-state index contributed by atoms with van der Waals surface area (Å²) in [5.74, 6) is 0.771. The molecule has 0 bridgehead atoms. The molecule has 5 rings (SSSR count). The van der Waals surface area contributed by atoms with Crippen molar-refractivity contribution in [1.82, 2.24) is 9.97 Å². The molecule has 7 heteroatoms. The molecule has 0 atom stereocenters. The fourth-order valence-corrected chi connectivity index (χ4v) is 4.44. The first-order valence-electron chi connectivity index (χ1n) is 9.54. The number of rotatable bonds is 4. The van der Waals surface area contributed by atoms with Gasteiger partial charge in [0, 0.05) is 16.1 Å². The number of hydrogen-bond donors (Lipinski definition) is 2. The molecular weight excluding hydrogens is 396 g/mol. The minimum absolute atomic E-state index is 0.0225. The first kappa shape index (κ1) is 18.4. The van der Waals surface area contributed by atoms with Crippen LogP contribution in [-0.4, -0.2) is 34.1 Å². The van der Waals surface area contributed by atoms with Crippen molar-refractivity contribution in [2.75, 3.05) is 22.5 Å². The number of benzene rings is 3. The minimum Gasteiger partial charge on any atom is -0.338 e. The van der Waals surface area contributed by atoms with E-state index >= 15 is 0 Å². The van der Waals surface area contributed by atoms with Gasteiger partial charge in [0.25, 0.3) is 0 Å². The van der Waals surface area contributed by atoms with E-state index in [2.05, 4.69) is 15.3 Å². The second-order valence-corrected chi connectivity index (χ2v) is 7.99. The molecule has 0 spiro atoms. The number of H-pyrrole nitrogens is 1. The number of anilines is 2. The van der Waals surface area contributed by atoms with Gasteiger partial charge in [-0.25, -0.2) is 4.98 Å². The summed E-state index contributed by atoms with van der Waals surface area (Å²) in [5.41, 5.74) is 4.17. The van der Waals surface area contributed by atoms with Gasteiger partial charge in [-0.3, -0.25) is 9.59 Å². The zero-order chi connectivity index (χ0) is 20.5. The van der Waals surface area contributed by atoms with Crippen LogP contribution < -0.4 is 10.2 Å². The number of aromatic nitrogens is 2. The topological polar surface area (TPSA) is 78.1 Å². The number of fused-ring (bicyclic) bond motifs is 2. The van der Waals surface area contributed by atoms with Crippen molar-refractivity contribution in [3.05, 3.63) is 72.8 Å². The van der Waals surface area contributed by atoms with E-state index in [1.807, 2.05) is 72.8 Å². The van der Waals surface area contributed by atoms with Crippen molar-refractivity contribution in [2.45, 2.75) is 4.90 Å². The number of nitrogens with zero attached hydrogens (tertiary/aromatic N) is 2. The molecule has 1 aliphatic heterocycles. The van der Waals surface area contributed by atoms with E-state index in [1.54, 1.807) is 4.90 Å². The molecule has 0 saturated carbocycles. The van der Waals surface area contributed by atoms with Gasteiger partial charge in [-0.15, -0.1) is 11.8 Å². The van der Waals surface area contributed by atoms with E-state index in [0.29, 0.717) is 11.4 Å². The lowest BCUT2D eigenvalue weighted by atomic mass is 10.2. The quantitative estimate of drug-likeness (QED) is 0.522. The van der Waals surface area contributed by atoms with Crippen LogP contribution in [0.15, 0.2) is 77.7 Å². The van der Waals surface area contributed by atoms with Gasteiger partial charge in [-0.1, -0.05) is 36.4 Å². The maximum Gasteiger partial charge on any atom is 0.244 e. The largest absolute Gasteiger partial charge is 0.338 e. The molecule has 6 nitrogen and oxygen atoms in total. The summed E-state index contributed by atoms with van der Waals surface area (Å²) in [5, 5.41) is 2.90. The summed E-state index contributed by atoms with van der Waals surface area (Å²) < 4.78 is 0. The van der Waals surface area contributed by atoms with E-state index in [4.69, 9.17) is 0 Å². The number of hydrogen-bond acceptors (Lipinski definition) is 4. The molecule has 0 saturated heterocycles. The third kappa shape index (κ3) is 3.55. The summed E-state index contributed by atoms with van der Waals surface area (Å²) in [6.07, 6.45) is 0. The van der Waals surface area contributed by atoms with E-state index in [9.17, 15) is 9.59 Å². The molecule has 3 aromatic carbocycles. The van der Waals surface area contributed by atoms with Gasteiger partial charge in [0.1, 0.15) is 12.4 Å². The van der Waals surface area contributed by atoms with E-state index < -0.39 is 0 Å². The van der Waals surface area contributed by atoms with Gasteiger partial charge in [-0.05, 0) is 36.4 Å². The highest BCUT2D eigenvalue weighted by atomic mass is 32.2. The first-order chi connectivity index (χ1) is 14.7. The number of amides is 2. The van der Waals surface area contributed by atoms with Crippen molar-refractivity contribution in [1.29, 1.82) is 0 Å². The zero-order valence-corrected chi connectivity index (χ0v) is 16.8. The van der Waals surface area contributed by atoms with E-state index in [0.717, 1.165) is 33.0 Å². The Hall–Kier alpha value is -3.58. The number of imidazole rings is 1. The lowest BCUT2D eigenvalue weighted by molar-refractivity contribution is -0.120. The summed E-state index contributed by atoms with van der Waals surface area (Å²) in [4.78, 5) is 35.5. The Labute approximate surface area is 177 Å². The Morgan fingerprint density at radius 1 is 1.07 bits per heavy atom. The average molecular weight is 414 g/mol. The molecule has 2 amide bonds. The lowest BCUT2D eigenvalue weighted by Gasteiger charge is -2.28. The highest BCUT2D eigenvalue weighted by Gasteiger charge is 2.26. The highest BCUT2D eigenvalue weighted by Crippen LogP contribution is 2.34. The lowest BCUT2D eigenvalue weighted by Crippen LogP contribution is -2.41. The highest BCUT2D eigenvalue weighted by molar-refractivity contribution is 8.00. The molecule has 30 heavy (non-hydrogen) atoms. The van der Waals surface area contributed by atoms with Gasteiger partial charge < -0.3 is 15.2 Å². The fourth-order valence-electron chi connectivity index (χ4n) is 3.51. The van der Waals surface area contributed by atoms with Gasteiger partial charge in [0.05, 0.1) is 22.5 Å². The first-order valence-corrected chi connectivity index (χ1v) is 10.5. The molecule has 0 radical (unpaired) electrons. The van der Waals surface area contributed by atoms with Gasteiger partial charge in [0.2, 0.25) is 11.8 Å². The van der Waals surface area contributed by atoms with Crippen LogP contribution in [0.25, 0.3) is 22.4 Å². The maximum atomic E-state index is 12.7. The zero-order valence-electron chi connectivity index (χ0n) is 16.0.